The van der Waals surface area contributed by atoms with Gasteiger partial charge >= 0.3 is 0 Å². The first-order valence-electron chi connectivity index (χ1n) is 9.93. The molecule has 2 aromatic carbocycles. The Bertz CT molecular complexity index is 935. The third kappa shape index (κ3) is 4.04. The maximum absolute atomic E-state index is 12.8. The number of hydrogen-bond donors (Lipinski definition) is 0. The van der Waals surface area contributed by atoms with Crippen LogP contribution in [0, 0.1) is 5.92 Å². The van der Waals surface area contributed by atoms with Gasteiger partial charge in [-0.25, -0.2) is 8.42 Å². The molecule has 2 aliphatic rings. The Morgan fingerprint density at radius 1 is 0.893 bits per heavy atom. The minimum atomic E-state index is -3.58. The predicted octanol–water partition coefficient (Wildman–Crippen LogP) is 2.83. The molecule has 0 atom stereocenters. The Labute approximate surface area is 167 Å². The lowest BCUT2D eigenvalue weighted by molar-refractivity contribution is 0.0948. The van der Waals surface area contributed by atoms with Crippen molar-refractivity contribution in [2.24, 2.45) is 5.92 Å². The molecule has 2 heterocycles. The topological polar surface area (TPSA) is 57.7 Å². The third-order valence-electron chi connectivity index (χ3n) is 5.87. The van der Waals surface area contributed by atoms with Gasteiger partial charge in [0.15, 0.2) is 5.78 Å². The van der Waals surface area contributed by atoms with Crippen LogP contribution in [0.3, 0.4) is 0 Å². The zero-order chi connectivity index (χ0) is 19.6. The van der Waals surface area contributed by atoms with Crippen molar-refractivity contribution in [1.29, 1.82) is 0 Å². The number of carbonyl (C=O) groups excluding carboxylic acids is 1. The summed E-state index contributed by atoms with van der Waals surface area (Å²) in [6.45, 7) is 2.95. The van der Waals surface area contributed by atoms with Crippen LogP contribution in [0.15, 0.2) is 59.5 Å². The van der Waals surface area contributed by atoms with E-state index < -0.39 is 10.0 Å². The Hall–Kier alpha value is -2.02. The summed E-state index contributed by atoms with van der Waals surface area (Å²) in [4.78, 5) is 14.8. The molecule has 148 valence electrons. The van der Waals surface area contributed by atoms with Crippen molar-refractivity contribution in [1.82, 2.24) is 9.21 Å². The van der Waals surface area contributed by atoms with Gasteiger partial charge in [0.25, 0.3) is 0 Å². The number of nitrogens with zero attached hydrogens (tertiary/aromatic N) is 2. The summed E-state index contributed by atoms with van der Waals surface area (Å²) in [7, 11) is -3.58. The van der Waals surface area contributed by atoms with Crippen molar-refractivity contribution in [3.8, 4) is 0 Å². The van der Waals surface area contributed by atoms with Gasteiger partial charge in [0.1, 0.15) is 0 Å². The highest BCUT2D eigenvalue weighted by atomic mass is 32.2. The zero-order valence-corrected chi connectivity index (χ0v) is 16.8. The van der Waals surface area contributed by atoms with E-state index in [-0.39, 0.29) is 17.2 Å². The van der Waals surface area contributed by atoms with Crippen LogP contribution in [0.1, 0.15) is 28.8 Å². The molecular weight excluding hydrogens is 372 g/mol. The number of hydrogen-bond acceptors (Lipinski definition) is 4. The van der Waals surface area contributed by atoms with Crippen LogP contribution in [0.25, 0.3) is 0 Å². The molecule has 28 heavy (non-hydrogen) atoms. The van der Waals surface area contributed by atoms with Crippen molar-refractivity contribution in [3.63, 3.8) is 0 Å². The molecule has 0 radical (unpaired) electrons. The standard InChI is InChI=1S/C22H26N2O3S/c25-21-17-24(28(26,27)22-9-5-4-8-20(21)22)15-14-23-12-10-19(11-13-23)16-18-6-2-1-3-7-18/h1-9,19H,10-17H2. The van der Waals surface area contributed by atoms with E-state index in [0.717, 1.165) is 32.4 Å². The molecule has 2 aromatic rings. The van der Waals surface area contributed by atoms with E-state index in [1.165, 1.54) is 15.9 Å². The number of ketones is 1. The van der Waals surface area contributed by atoms with Crippen molar-refractivity contribution >= 4 is 15.8 Å². The first kappa shape index (κ1) is 19.3. The number of Topliss-reactive ketones (excluding diaryl/α,β-unsaturated/α-hetero) is 1. The van der Waals surface area contributed by atoms with E-state index in [9.17, 15) is 13.2 Å². The van der Waals surface area contributed by atoms with Crippen LogP contribution in [0.4, 0.5) is 0 Å². The first-order valence-corrected chi connectivity index (χ1v) is 11.4. The summed E-state index contributed by atoms with van der Waals surface area (Å²) < 4.78 is 27.0. The average molecular weight is 399 g/mol. The van der Waals surface area contributed by atoms with Crippen molar-refractivity contribution in [3.05, 3.63) is 65.7 Å². The van der Waals surface area contributed by atoms with Gasteiger partial charge in [-0.15, -0.1) is 0 Å². The fraction of sp³-hybridized carbons (Fsp3) is 0.409. The fourth-order valence-corrected chi connectivity index (χ4v) is 5.80. The molecule has 5 nitrogen and oxygen atoms in total. The Balaban J connectivity index is 1.32. The average Bonchev–Trinajstić information content (AvgIpc) is 2.72. The fourth-order valence-electron chi connectivity index (χ4n) is 4.21. The van der Waals surface area contributed by atoms with Crippen molar-refractivity contribution in [2.45, 2.75) is 24.2 Å². The molecule has 0 saturated carbocycles. The van der Waals surface area contributed by atoms with Crippen molar-refractivity contribution < 1.29 is 13.2 Å². The molecule has 1 fully saturated rings. The number of benzene rings is 2. The molecule has 6 heteroatoms. The smallest absolute Gasteiger partial charge is 0.244 e. The number of carbonyl (C=O) groups is 1. The molecule has 0 amide bonds. The summed E-state index contributed by atoms with van der Waals surface area (Å²) in [5, 5.41) is 0. The number of likely N-dealkylation sites (tertiary alicyclic amines) is 1. The normalized spacial score (nSPS) is 20.8. The third-order valence-corrected chi connectivity index (χ3v) is 7.77. The Morgan fingerprint density at radius 2 is 1.57 bits per heavy atom. The second-order valence-corrected chi connectivity index (χ2v) is 9.64. The van der Waals surface area contributed by atoms with Crippen molar-refractivity contribution in [2.75, 3.05) is 32.7 Å². The quantitative estimate of drug-likeness (QED) is 0.777. The molecule has 4 rings (SSSR count). The summed E-state index contributed by atoms with van der Waals surface area (Å²) in [5.41, 5.74) is 1.71. The molecule has 0 aromatic heterocycles. The van der Waals surface area contributed by atoms with Gasteiger partial charge in [-0.05, 0) is 56.0 Å². The van der Waals surface area contributed by atoms with E-state index in [2.05, 4.69) is 29.2 Å². The number of sulfonamides is 1. The summed E-state index contributed by atoms with van der Waals surface area (Å²) in [6.07, 6.45) is 3.37. The van der Waals surface area contributed by atoms with Crippen LogP contribution < -0.4 is 0 Å². The summed E-state index contributed by atoms with van der Waals surface area (Å²) >= 11 is 0. The van der Waals surface area contributed by atoms with Gasteiger partial charge in [0, 0.05) is 18.7 Å². The first-order chi connectivity index (χ1) is 13.5. The second kappa shape index (κ2) is 8.15. The van der Waals surface area contributed by atoms with Gasteiger partial charge in [-0.2, -0.15) is 4.31 Å². The van der Waals surface area contributed by atoms with E-state index in [0.29, 0.717) is 24.6 Å². The van der Waals surface area contributed by atoms with Crippen LogP contribution in [-0.4, -0.2) is 56.1 Å². The molecule has 0 aliphatic carbocycles. The highest BCUT2D eigenvalue weighted by Gasteiger charge is 2.35. The van der Waals surface area contributed by atoms with E-state index in [1.807, 2.05) is 6.07 Å². The van der Waals surface area contributed by atoms with E-state index >= 15 is 0 Å². The van der Waals surface area contributed by atoms with Gasteiger partial charge in [-0.1, -0.05) is 42.5 Å². The molecule has 0 spiro atoms. The van der Waals surface area contributed by atoms with Crippen LogP contribution in [0.2, 0.25) is 0 Å². The van der Waals surface area contributed by atoms with E-state index in [4.69, 9.17) is 0 Å². The monoisotopic (exact) mass is 398 g/mol. The number of piperidine rings is 1. The summed E-state index contributed by atoms with van der Waals surface area (Å²) in [5.74, 6) is 0.567. The van der Waals surface area contributed by atoms with Gasteiger partial charge in [-0.3, -0.25) is 4.79 Å². The zero-order valence-electron chi connectivity index (χ0n) is 16.0. The maximum Gasteiger partial charge on any atom is 0.244 e. The summed E-state index contributed by atoms with van der Waals surface area (Å²) in [6, 6.07) is 17.1. The Morgan fingerprint density at radius 3 is 2.32 bits per heavy atom. The van der Waals surface area contributed by atoms with Crippen LogP contribution >= 0.6 is 0 Å². The van der Waals surface area contributed by atoms with Crippen LogP contribution in [0.5, 0.6) is 0 Å². The highest BCUT2D eigenvalue weighted by molar-refractivity contribution is 7.89. The van der Waals surface area contributed by atoms with Gasteiger partial charge < -0.3 is 4.90 Å². The molecule has 0 N–H and O–H groups in total. The SMILES string of the molecule is O=C1CN(CCN2CCC(Cc3ccccc3)CC2)S(=O)(=O)c2ccccc21. The number of fused-ring (bicyclic) bond motifs is 1. The van der Waals surface area contributed by atoms with Gasteiger partial charge in [0.2, 0.25) is 10.0 Å². The minimum absolute atomic E-state index is 0.0518. The predicted molar refractivity (Wildman–Crippen MR) is 109 cm³/mol. The molecule has 0 bridgehead atoms. The molecular formula is C22H26N2O3S. The lowest BCUT2D eigenvalue weighted by Crippen LogP contribution is -2.46. The van der Waals surface area contributed by atoms with E-state index in [1.54, 1.807) is 18.2 Å². The Kier molecular flexibility index (Phi) is 5.62. The lowest BCUT2D eigenvalue weighted by atomic mass is 9.90. The molecule has 2 aliphatic heterocycles. The molecule has 1 saturated heterocycles. The number of rotatable bonds is 5. The minimum Gasteiger partial charge on any atom is -0.302 e. The highest BCUT2D eigenvalue weighted by Crippen LogP contribution is 2.26. The largest absolute Gasteiger partial charge is 0.302 e. The van der Waals surface area contributed by atoms with Gasteiger partial charge in [0.05, 0.1) is 11.4 Å². The second-order valence-electron chi connectivity index (χ2n) is 7.73. The lowest BCUT2D eigenvalue weighted by Gasteiger charge is -2.34. The maximum atomic E-state index is 12.8. The van der Waals surface area contributed by atoms with Crippen LogP contribution in [-0.2, 0) is 16.4 Å². The molecule has 0 unspecified atom stereocenters.